The molecule has 0 fully saturated rings. The zero-order valence-electron chi connectivity index (χ0n) is 30.7. The zero-order valence-corrected chi connectivity index (χ0v) is 32.3. The lowest BCUT2D eigenvalue weighted by Gasteiger charge is -2.32. The number of hydrogen-bond donors (Lipinski definition) is 2. The summed E-state index contributed by atoms with van der Waals surface area (Å²) >= 11 is 3.75. The number of rotatable bonds is 5. The van der Waals surface area contributed by atoms with Crippen molar-refractivity contribution in [1.29, 1.82) is 0 Å². The minimum Gasteiger partial charge on any atom is -0.350 e. The van der Waals surface area contributed by atoms with Crippen LogP contribution in [0, 0.1) is 0 Å². The van der Waals surface area contributed by atoms with E-state index >= 15 is 0 Å². The number of aliphatic imine (C=N–C) groups is 1. The smallest absolute Gasteiger partial charge is 0.133 e. The van der Waals surface area contributed by atoms with Gasteiger partial charge in [-0.1, -0.05) is 140 Å². The molecule has 1 aliphatic rings. The zero-order chi connectivity index (χ0) is 37.5. The Morgan fingerprint density at radius 3 is 1.82 bits per heavy atom. The van der Waals surface area contributed by atoms with Crippen LogP contribution in [0.15, 0.2) is 187 Å². The molecule has 8 aromatic carbocycles. The van der Waals surface area contributed by atoms with E-state index in [4.69, 9.17) is 4.99 Å². The molecule has 4 heterocycles. The number of benzene rings is 8. The molecule has 0 radical (unpaired) electrons. The first-order valence-corrected chi connectivity index (χ1v) is 21.0. The van der Waals surface area contributed by atoms with Crippen molar-refractivity contribution < 1.29 is 0 Å². The summed E-state index contributed by atoms with van der Waals surface area (Å²) in [6.45, 7) is 0. The molecule has 0 spiro atoms. The molecule has 0 saturated heterocycles. The van der Waals surface area contributed by atoms with Crippen molar-refractivity contribution in [3.8, 4) is 16.8 Å². The second kappa shape index (κ2) is 13.0. The van der Waals surface area contributed by atoms with Crippen LogP contribution in [0.3, 0.4) is 0 Å². The summed E-state index contributed by atoms with van der Waals surface area (Å²) < 4.78 is 7.55. The summed E-state index contributed by atoms with van der Waals surface area (Å²) in [6.07, 6.45) is -0.260. The average Bonchev–Trinajstić information content (AvgIpc) is 3.96. The number of fused-ring (bicyclic) bond motifs is 9. The second-order valence-corrected chi connectivity index (χ2v) is 16.9. The van der Waals surface area contributed by atoms with Gasteiger partial charge >= 0.3 is 0 Å². The molecule has 2 unspecified atom stereocenters. The van der Waals surface area contributed by atoms with Crippen molar-refractivity contribution in [2.45, 2.75) is 12.3 Å². The van der Waals surface area contributed by atoms with Crippen molar-refractivity contribution in [2.75, 3.05) is 0 Å². The van der Waals surface area contributed by atoms with E-state index in [1.165, 1.54) is 84.5 Å². The Bertz CT molecular complexity index is 3320. The Labute approximate surface area is 337 Å². The minimum atomic E-state index is -0.177. The number of aromatic nitrogens is 1. The van der Waals surface area contributed by atoms with Gasteiger partial charge in [-0.05, 0) is 64.7 Å². The van der Waals surface area contributed by atoms with Gasteiger partial charge in [0.25, 0.3) is 0 Å². The molecular formula is C51H34N4S2. The molecule has 0 amide bonds. The SMILES string of the molecule is c1ccc(C2N=C(c3cccc4c3sc3cc(-c5cccc6c5sc5ccc(-n7c8ccccc8c8ccccc87)cc56)ccc34)NC(c3ccccc3)N2)cc1. The molecule has 57 heavy (non-hydrogen) atoms. The Balaban J connectivity index is 0.965. The molecule has 1 aliphatic heterocycles. The molecule has 6 heteroatoms. The highest BCUT2D eigenvalue weighted by molar-refractivity contribution is 7.26. The number of amidine groups is 1. The van der Waals surface area contributed by atoms with Crippen molar-refractivity contribution in [3.05, 3.63) is 199 Å². The Hall–Kier alpha value is -6.57. The number of nitrogens with one attached hydrogen (secondary N) is 2. The van der Waals surface area contributed by atoms with Crippen molar-refractivity contribution in [3.63, 3.8) is 0 Å². The molecule has 12 rings (SSSR count). The Kier molecular flexibility index (Phi) is 7.45. The van der Waals surface area contributed by atoms with E-state index in [9.17, 15) is 0 Å². The van der Waals surface area contributed by atoms with Crippen LogP contribution in [0.2, 0.25) is 0 Å². The molecule has 2 atom stereocenters. The maximum absolute atomic E-state index is 5.29. The predicted octanol–water partition coefficient (Wildman–Crippen LogP) is 13.5. The van der Waals surface area contributed by atoms with Gasteiger partial charge in [-0.25, -0.2) is 4.99 Å². The third-order valence-corrected chi connectivity index (χ3v) is 13.9. The number of para-hydroxylation sites is 2. The topological polar surface area (TPSA) is 41.4 Å². The fourth-order valence-electron chi connectivity index (χ4n) is 8.82. The third-order valence-electron chi connectivity index (χ3n) is 11.5. The summed E-state index contributed by atoms with van der Waals surface area (Å²) in [5.74, 6) is 0.907. The first-order chi connectivity index (χ1) is 28.2. The third kappa shape index (κ3) is 5.26. The fourth-order valence-corrected chi connectivity index (χ4v) is 11.3. The highest BCUT2D eigenvalue weighted by Crippen LogP contribution is 2.44. The van der Waals surface area contributed by atoms with Crippen LogP contribution >= 0.6 is 22.7 Å². The van der Waals surface area contributed by atoms with Crippen LogP contribution in [-0.2, 0) is 0 Å². The lowest BCUT2D eigenvalue weighted by Crippen LogP contribution is -2.44. The summed E-state index contributed by atoms with van der Waals surface area (Å²) in [5, 5.41) is 15.2. The van der Waals surface area contributed by atoms with E-state index in [0.717, 1.165) is 17.0 Å². The van der Waals surface area contributed by atoms with Crippen LogP contribution in [0.25, 0.3) is 79.0 Å². The molecular weight excluding hydrogens is 733 g/mol. The lowest BCUT2D eigenvalue weighted by atomic mass is 10.0. The first kappa shape index (κ1) is 32.7. The van der Waals surface area contributed by atoms with E-state index in [1.54, 1.807) is 0 Å². The van der Waals surface area contributed by atoms with E-state index in [2.05, 4.69) is 197 Å². The van der Waals surface area contributed by atoms with Gasteiger partial charge in [0.05, 0.1) is 11.0 Å². The molecule has 270 valence electrons. The van der Waals surface area contributed by atoms with Crippen LogP contribution in [0.1, 0.15) is 29.0 Å². The van der Waals surface area contributed by atoms with Crippen LogP contribution in [-0.4, -0.2) is 10.4 Å². The van der Waals surface area contributed by atoms with Gasteiger partial charge in [0.1, 0.15) is 18.2 Å². The Morgan fingerprint density at radius 2 is 1.07 bits per heavy atom. The van der Waals surface area contributed by atoms with E-state index < -0.39 is 0 Å². The summed E-state index contributed by atoms with van der Waals surface area (Å²) in [5.41, 5.74) is 9.60. The van der Waals surface area contributed by atoms with Gasteiger partial charge in [-0.2, -0.15) is 0 Å². The maximum atomic E-state index is 5.29. The van der Waals surface area contributed by atoms with E-state index in [-0.39, 0.29) is 12.3 Å². The van der Waals surface area contributed by atoms with Crippen molar-refractivity contribution in [2.24, 2.45) is 4.99 Å². The van der Waals surface area contributed by atoms with Crippen LogP contribution in [0.4, 0.5) is 0 Å². The second-order valence-electron chi connectivity index (χ2n) is 14.8. The van der Waals surface area contributed by atoms with Gasteiger partial charge in [0.15, 0.2) is 0 Å². The van der Waals surface area contributed by atoms with E-state index in [1.807, 2.05) is 22.7 Å². The van der Waals surface area contributed by atoms with Crippen molar-refractivity contribution in [1.82, 2.24) is 15.2 Å². The number of nitrogens with zero attached hydrogens (tertiary/aromatic N) is 2. The molecule has 4 nitrogen and oxygen atoms in total. The van der Waals surface area contributed by atoms with E-state index in [0.29, 0.717) is 0 Å². The molecule has 2 N–H and O–H groups in total. The molecule has 0 bridgehead atoms. The predicted molar refractivity (Wildman–Crippen MR) is 243 cm³/mol. The minimum absolute atomic E-state index is 0.0833. The quantitative estimate of drug-likeness (QED) is 0.183. The Morgan fingerprint density at radius 1 is 0.456 bits per heavy atom. The largest absolute Gasteiger partial charge is 0.350 e. The number of thiophene rings is 2. The van der Waals surface area contributed by atoms with Crippen molar-refractivity contribution >= 4 is 90.7 Å². The monoisotopic (exact) mass is 766 g/mol. The fraction of sp³-hybridized carbons (Fsp3) is 0.0392. The summed E-state index contributed by atoms with van der Waals surface area (Å²) in [7, 11) is 0. The van der Waals surface area contributed by atoms with Crippen LogP contribution < -0.4 is 10.6 Å². The van der Waals surface area contributed by atoms with Gasteiger partial charge in [0.2, 0.25) is 0 Å². The average molecular weight is 767 g/mol. The highest BCUT2D eigenvalue weighted by atomic mass is 32.1. The highest BCUT2D eigenvalue weighted by Gasteiger charge is 2.27. The summed E-state index contributed by atoms with van der Waals surface area (Å²) in [4.78, 5) is 5.29. The number of hydrogen-bond acceptors (Lipinski definition) is 5. The normalized spacial score (nSPS) is 15.9. The standard InChI is InChI=1S/C51H34N4S2/c1-3-13-31(14-4-1)49-52-50(32-15-5-2-6-16-32)54-51(53-49)41-22-12-20-39-38-27-25-33(29-46(38)57-48(39)41)35-19-11-21-40-42-30-34(26-28-45(42)56-47(35)40)55-43-23-9-7-17-36(43)37-18-8-10-24-44(37)55/h1-30,49-50,52H,(H,53,54). The first-order valence-electron chi connectivity index (χ1n) is 19.4. The van der Waals surface area contributed by atoms with Gasteiger partial charge in [-0.15, -0.1) is 22.7 Å². The van der Waals surface area contributed by atoms with Crippen LogP contribution in [0.5, 0.6) is 0 Å². The van der Waals surface area contributed by atoms with Gasteiger partial charge < -0.3 is 9.88 Å². The summed E-state index contributed by atoms with van der Waals surface area (Å²) in [6, 6.07) is 66.0. The lowest BCUT2D eigenvalue weighted by molar-refractivity contribution is 0.409. The molecule has 3 aromatic heterocycles. The van der Waals surface area contributed by atoms with Gasteiger partial charge in [0, 0.05) is 62.4 Å². The maximum Gasteiger partial charge on any atom is 0.133 e. The molecule has 0 saturated carbocycles. The van der Waals surface area contributed by atoms with Gasteiger partial charge in [-0.3, -0.25) is 5.32 Å². The molecule has 11 aromatic rings. The molecule has 0 aliphatic carbocycles.